The third-order valence-electron chi connectivity index (χ3n) is 4.20. The molecule has 0 saturated heterocycles. The summed E-state index contributed by atoms with van der Waals surface area (Å²) in [6.45, 7) is 6.31. The van der Waals surface area contributed by atoms with Crippen molar-refractivity contribution < 1.29 is 14.6 Å². The van der Waals surface area contributed by atoms with Gasteiger partial charge in [0.25, 0.3) is 0 Å². The summed E-state index contributed by atoms with van der Waals surface area (Å²) in [5, 5.41) is 10.1. The van der Waals surface area contributed by atoms with Crippen LogP contribution in [0.2, 0.25) is 0 Å². The SMILES string of the molecule is COC1=N[C@]2(C[C@@H](C)C[C@@H](O)C2)C(OC)=N[C@@H]1C(C)C. The molecule has 2 aliphatic rings. The summed E-state index contributed by atoms with van der Waals surface area (Å²) in [4.78, 5) is 9.55. The van der Waals surface area contributed by atoms with Crippen molar-refractivity contribution in [3.05, 3.63) is 0 Å². The first-order valence-corrected chi connectivity index (χ1v) is 7.36. The Bertz CT molecular complexity index is 407. The lowest BCUT2D eigenvalue weighted by atomic mass is 9.74. The number of nitrogens with zero attached hydrogens (tertiary/aromatic N) is 2. The van der Waals surface area contributed by atoms with Gasteiger partial charge in [0, 0.05) is 6.42 Å². The Morgan fingerprint density at radius 1 is 1.25 bits per heavy atom. The largest absolute Gasteiger partial charge is 0.483 e. The van der Waals surface area contributed by atoms with Gasteiger partial charge >= 0.3 is 0 Å². The van der Waals surface area contributed by atoms with Crippen LogP contribution < -0.4 is 0 Å². The summed E-state index contributed by atoms with van der Waals surface area (Å²) in [5.74, 6) is 1.98. The molecule has 5 heteroatoms. The highest BCUT2D eigenvalue weighted by Crippen LogP contribution is 2.39. The lowest BCUT2D eigenvalue weighted by Gasteiger charge is -2.42. The third-order valence-corrected chi connectivity index (χ3v) is 4.20. The lowest BCUT2D eigenvalue weighted by Crippen LogP contribution is -2.51. The fourth-order valence-electron chi connectivity index (χ4n) is 3.42. The van der Waals surface area contributed by atoms with E-state index in [2.05, 4.69) is 20.8 Å². The van der Waals surface area contributed by atoms with Gasteiger partial charge in [-0.2, -0.15) is 0 Å². The molecule has 5 nitrogen and oxygen atoms in total. The maximum Gasteiger partial charge on any atom is 0.212 e. The van der Waals surface area contributed by atoms with E-state index >= 15 is 0 Å². The van der Waals surface area contributed by atoms with Crippen LogP contribution in [0.15, 0.2) is 9.98 Å². The van der Waals surface area contributed by atoms with Crippen molar-refractivity contribution in [2.24, 2.45) is 21.8 Å². The van der Waals surface area contributed by atoms with E-state index in [1.54, 1.807) is 14.2 Å². The van der Waals surface area contributed by atoms with E-state index < -0.39 is 5.54 Å². The maximum absolute atomic E-state index is 10.1. The molecule has 0 aromatic rings. The van der Waals surface area contributed by atoms with Crippen LogP contribution in [0.5, 0.6) is 0 Å². The molecule has 20 heavy (non-hydrogen) atoms. The van der Waals surface area contributed by atoms with Gasteiger partial charge in [0.1, 0.15) is 11.6 Å². The van der Waals surface area contributed by atoms with E-state index in [4.69, 9.17) is 19.5 Å². The van der Waals surface area contributed by atoms with Gasteiger partial charge in [-0.05, 0) is 24.7 Å². The van der Waals surface area contributed by atoms with Gasteiger partial charge in [0.2, 0.25) is 11.8 Å². The van der Waals surface area contributed by atoms with Crippen molar-refractivity contribution in [3.63, 3.8) is 0 Å². The van der Waals surface area contributed by atoms with E-state index in [-0.39, 0.29) is 12.1 Å². The van der Waals surface area contributed by atoms with Gasteiger partial charge in [-0.15, -0.1) is 0 Å². The molecule has 2 rings (SSSR count). The molecular formula is C15H26N2O3. The summed E-state index contributed by atoms with van der Waals surface area (Å²) in [6, 6.07) is -0.102. The van der Waals surface area contributed by atoms with Crippen LogP contribution in [0.3, 0.4) is 0 Å². The standard InChI is InChI=1S/C15H26N2O3/c1-9(2)12-13(19-4)17-15(14(16-12)20-5)7-10(3)6-11(18)8-15/h9-12,18H,6-8H2,1-5H3/t10-,11+,12+,15-/m0/s1. The van der Waals surface area contributed by atoms with Crippen LogP contribution in [0.25, 0.3) is 0 Å². The molecule has 1 aliphatic carbocycles. The molecule has 114 valence electrons. The first-order chi connectivity index (χ1) is 9.41. The zero-order valence-corrected chi connectivity index (χ0v) is 13.1. The predicted molar refractivity (Wildman–Crippen MR) is 79.3 cm³/mol. The average molecular weight is 282 g/mol. The number of aliphatic imine (C=N–C) groups is 2. The number of hydrogen-bond donors (Lipinski definition) is 1. The Kier molecular flexibility index (Phi) is 4.37. The first-order valence-electron chi connectivity index (χ1n) is 7.36. The first kappa shape index (κ1) is 15.3. The molecule has 1 aliphatic heterocycles. The van der Waals surface area contributed by atoms with Gasteiger partial charge in [0.05, 0.1) is 20.3 Å². The van der Waals surface area contributed by atoms with Gasteiger partial charge in [-0.25, -0.2) is 9.98 Å². The summed E-state index contributed by atoms with van der Waals surface area (Å²) in [7, 11) is 3.27. The minimum Gasteiger partial charge on any atom is -0.483 e. The molecule has 0 radical (unpaired) electrons. The molecule has 1 heterocycles. The van der Waals surface area contributed by atoms with Gasteiger partial charge < -0.3 is 14.6 Å². The second-order valence-corrected chi connectivity index (χ2v) is 6.42. The highest BCUT2D eigenvalue weighted by Gasteiger charge is 2.48. The molecule has 0 aromatic carbocycles. The number of hydrogen-bond acceptors (Lipinski definition) is 5. The van der Waals surface area contributed by atoms with E-state index in [1.165, 1.54) is 0 Å². The third kappa shape index (κ3) is 2.68. The molecule has 0 amide bonds. The molecule has 1 spiro atoms. The molecule has 4 atom stereocenters. The Hall–Kier alpha value is -1.10. The van der Waals surface area contributed by atoms with Gasteiger partial charge in [-0.1, -0.05) is 20.8 Å². The van der Waals surface area contributed by atoms with E-state index in [1.807, 2.05) is 0 Å². The van der Waals surface area contributed by atoms with Crippen LogP contribution in [-0.4, -0.2) is 48.8 Å². The zero-order chi connectivity index (χ0) is 14.9. The van der Waals surface area contributed by atoms with Crippen molar-refractivity contribution in [2.75, 3.05) is 14.2 Å². The molecule has 1 N–H and O–H groups in total. The quantitative estimate of drug-likeness (QED) is 0.800. The molecule has 0 aromatic heterocycles. The van der Waals surface area contributed by atoms with Crippen molar-refractivity contribution in [1.29, 1.82) is 0 Å². The number of methoxy groups -OCH3 is 2. The Balaban J connectivity index is 2.41. The fourth-order valence-corrected chi connectivity index (χ4v) is 3.42. The number of aliphatic hydroxyl groups is 1. The Morgan fingerprint density at radius 3 is 2.45 bits per heavy atom. The monoisotopic (exact) mass is 282 g/mol. The smallest absolute Gasteiger partial charge is 0.212 e. The minimum atomic E-state index is -0.553. The number of ether oxygens (including phenoxy) is 2. The second-order valence-electron chi connectivity index (χ2n) is 6.42. The van der Waals surface area contributed by atoms with Gasteiger partial charge in [0.15, 0.2) is 0 Å². The minimum absolute atomic E-state index is 0.102. The molecule has 1 saturated carbocycles. The number of rotatable bonds is 1. The van der Waals surface area contributed by atoms with Crippen LogP contribution in [0.1, 0.15) is 40.0 Å². The van der Waals surface area contributed by atoms with Crippen molar-refractivity contribution in [1.82, 2.24) is 0 Å². The summed E-state index contributed by atoms with van der Waals surface area (Å²) < 4.78 is 11.0. The van der Waals surface area contributed by atoms with Crippen LogP contribution >= 0.6 is 0 Å². The van der Waals surface area contributed by atoms with Crippen LogP contribution in [-0.2, 0) is 9.47 Å². The van der Waals surface area contributed by atoms with Gasteiger partial charge in [-0.3, -0.25) is 0 Å². The highest BCUT2D eigenvalue weighted by atomic mass is 16.5. The Morgan fingerprint density at radius 2 is 1.95 bits per heavy atom. The average Bonchev–Trinajstić information content (AvgIpc) is 2.36. The summed E-state index contributed by atoms with van der Waals surface area (Å²) in [5.41, 5.74) is -0.553. The van der Waals surface area contributed by atoms with E-state index in [0.29, 0.717) is 30.1 Å². The normalized spacial score (nSPS) is 37.6. The zero-order valence-electron chi connectivity index (χ0n) is 13.1. The van der Waals surface area contributed by atoms with Crippen LogP contribution in [0.4, 0.5) is 0 Å². The molecule has 1 fully saturated rings. The Labute approximate surface area is 121 Å². The maximum atomic E-state index is 10.1. The van der Waals surface area contributed by atoms with Crippen molar-refractivity contribution >= 4 is 11.8 Å². The number of aliphatic hydroxyl groups excluding tert-OH is 1. The second kappa shape index (κ2) is 5.72. The van der Waals surface area contributed by atoms with Crippen molar-refractivity contribution in [2.45, 2.75) is 57.7 Å². The topological polar surface area (TPSA) is 63.4 Å². The van der Waals surface area contributed by atoms with Crippen molar-refractivity contribution in [3.8, 4) is 0 Å². The molecule has 0 bridgehead atoms. The predicted octanol–water partition coefficient (Wildman–Crippen LogP) is 2.03. The molecule has 0 unspecified atom stereocenters. The summed E-state index contributed by atoms with van der Waals surface area (Å²) >= 11 is 0. The highest BCUT2D eigenvalue weighted by molar-refractivity contribution is 5.97. The fraction of sp³-hybridized carbons (Fsp3) is 0.867. The van der Waals surface area contributed by atoms with Crippen LogP contribution in [0, 0.1) is 11.8 Å². The molecular weight excluding hydrogens is 256 g/mol. The van der Waals surface area contributed by atoms with E-state index in [9.17, 15) is 5.11 Å². The van der Waals surface area contributed by atoms with E-state index in [0.717, 1.165) is 12.8 Å². The summed E-state index contributed by atoms with van der Waals surface area (Å²) in [6.07, 6.45) is 1.84. The lowest BCUT2D eigenvalue weighted by molar-refractivity contribution is 0.0735.